The van der Waals surface area contributed by atoms with Crippen molar-refractivity contribution >= 4 is 29.9 Å². The number of guanidine groups is 1. The number of piperidine rings is 1. The van der Waals surface area contributed by atoms with E-state index in [1.54, 1.807) is 0 Å². The molecule has 3 rings (SSSR count). The van der Waals surface area contributed by atoms with Gasteiger partial charge in [0, 0.05) is 33.2 Å². The number of likely N-dealkylation sites (tertiary alicyclic amines) is 2. The molecule has 2 aliphatic heterocycles. The van der Waals surface area contributed by atoms with Gasteiger partial charge in [-0.2, -0.15) is 0 Å². The Morgan fingerprint density at radius 2 is 1.92 bits per heavy atom. The minimum atomic E-state index is 0. The predicted molar refractivity (Wildman–Crippen MR) is 118 cm³/mol. The fourth-order valence-electron chi connectivity index (χ4n) is 5.13. The summed E-state index contributed by atoms with van der Waals surface area (Å²) in [5.41, 5.74) is 0.628. The van der Waals surface area contributed by atoms with Gasteiger partial charge in [-0.15, -0.1) is 24.0 Å². The van der Waals surface area contributed by atoms with Gasteiger partial charge in [-0.05, 0) is 69.4 Å². The summed E-state index contributed by atoms with van der Waals surface area (Å²) in [6.45, 7) is 9.80. The van der Waals surface area contributed by atoms with Gasteiger partial charge in [0.1, 0.15) is 0 Å². The van der Waals surface area contributed by atoms with Gasteiger partial charge in [0.25, 0.3) is 0 Å². The molecule has 1 unspecified atom stereocenters. The molecule has 2 heterocycles. The topological polar surface area (TPSA) is 30.9 Å². The van der Waals surface area contributed by atoms with Crippen LogP contribution < -0.4 is 5.32 Å². The number of aliphatic imine (C=N–C) groups is 1. The first kappa shape index (κ1) is 21.3. The van der Waals surface area contributed by atoms with Crippen LogP contribution in [-0.4, -0.2) is 62.1 Å². The van der Waals surface area contributed by atoms with E-state index in [9.17, 15) is 0 Å². The number of hydrogen-bond acceptors (Lipinski definition) is 2. The number of nitrogens with one attached hydrogen (secondary N) is 1. The Labute approximate surface area is 172 Å². The van der Waals surface area contributed by atoms with E-state index in [-0.39, 0.29) is 24.0 Å². The van der Waals surface area contributed by atoms with E-state index in [1.165, 1.54) is 90.5 Å². The van der Waals surface area contributed by atoms with Crippen LogP contribution in [0.3, 0.4) is 0 Å². The van der Waals surface area contributed by atoms with Crippen LogP contribution in [0.25, 0.3) is 0 Å². The van der Waals surface area contributed by atoms with Gasteiger partial charge < -0.3 is 15.1 Å². The highest BCUT2D eigenvalue weighted by Gasteiger charge is 2.40. The molecule has 2 saturated heterocycles. The second-order valence-corrected chi connectivity index (χ2v) is 8.61. The van der Waals surface area contributed by atoms with Crippen molar-refractivity contribution in [2.75, 3.05) is 46.3 Å². The van der Waals surface area contributed by atoms with Gasteiger partial charge in [0.15, 0.2) is 5.96 Å². The first-order chi connectivity index (χ1) is 11.7. The quantitative estimate of drug-likeness (QED) is 0.291. The van der Waals surface area contributed by atoms with Gasteiger partial charge in [-0.1, -0.05) is 19.8 Å². The molecule has 0 bridgehead atoms. The summed E-state index contributed by atoms with van der Waals surface area (Å²) in [4.78, 5) is 9.71. The highest BCUT2D eigenvalue weighted by molar-refractivity contribution is 14.0. The minimum absolute atomic E-state index is 0. The summed E-state index contributed by atoms with van der Waals surface area (Å²) in [6, 6.07) is 0. The Bertz CT molecular complexity index is 420. The Kier molecular flexibility index (Phi) is 8.79. The SMILES string of the molecule is CN=C(NCCCCN1CCCC(C)C1)N1CCC2(CCCC2)C1.I. The fraction of sp³-hybridized carbons (Fsp3) is 0.950. The summed E-state index contributed by atoms with van der Waals surface area (Å²) in [7, 11) is 1.94. The normalized spacial score (nSPS) is 26.9. The molecule has 0 aromatic carbocycles. The van der Waals surface area contributed by atoms with E-state index in [2.05, 4.69) is 27.0 Å². The molecule has 1 atom stereocenters. The minimum Gasteiger partial charge on any atom is -0.356 e. The molecule has 3 fully saturated rings. The average Bonchev–Trinajstić information content (AvgIpc) is 3.21. The zero-order valence-corrected chi connectivity index (χ0v) is 18.8. The highest BCUT2D eigenvalue weighted by atomic mass is 127. The largest absolute Gasteiger partial charge is 0.356 e. The van der Waals surface area contributed by atoms with E-state index < -0.39 is 0 Å². The van der Waals surface area contributed by atoms with Gasteiger partial charge in [0.05, 0.1) is 0 Å². The first-order valence-corrected chi connectivity index (χ1v) is 10.4. The van der Waals surface area contributed by atoms with Gasteiger partial charge in [-0.3, -0.25) is 4.99 Å². The molecule has 1 spiro atoms. The van der Waals surface area contributed by atoms with Gasteiger partial charge in [-0.25, -0.2) is 0 Å². The van der Waals surface area contributed by atoms with Crippen molar-refractivity contribution in [1.29, 1.82) is 0 Å². The lowest BCUT2D eigenvalue weighted by atomic mass is 9.86. The zero-order valence-electron chi connectivity index (χ0n) is 16.4. The standard InChI is InChI=1S/C20H38N4.HI/c1-18-8-7-14-23(16-18)13-6-5-12-22-19(21-2)24-15-11-20(17-24)9-3-4-10-20;/h18H,3-17H2,1-2H3,(H,21,22);1H. The van der Waals surface area contributed by atoms with E-state index in [0.717, 1.165) is 18.4 Å². The van der Waals surface area contributed by atoms with Crippen molar-refractivity contribution in [2.45, 2.75) is 64.7 Å². The molecule has 1 saturated carbocycles. The molecule has 4 nitrogen and oxygen atoms in total. The van der Waals surface area contributed by atoms with Crippen LogP contribution >= 0.6 is 24.0 Å². The van der Waals surface area contributed by atoms with Crippen LogP contribution in [0.15, 0.2) is 4.99 Å². The lowest BCUT2D eigenvalue weighted by molar-refractivity contribution is 0.181. The molecule has 25 heavy (non-hydrogen) atoms. The molecule has 5 heteroatoms. The Morgan fingerprint density at radius 1 is 1.12 bits per heavy atom. The molecule has 146 valence electrons. The third kappa shape index (κ3) is 5.98. The fourth-order valence-corrected chi connectivity index (χ4v) is 5.13. The Hall–Kier alpha value is -0.0400. The van der Waals surface area contributed by atoms with Crippen molar-refractivity contribution < 1.29 is 0 Å². The van der Waals surface area contributed by atoms with Crippen molar-refractivity contribution in [1.82, 2.24) is 15.1 Å². The van der Waals surface area contributed by atoms with E-state index in [0.29, 0.717) is 5.41 Å². The van der Waals surface area contributed by atoms with E-state index >= 15 is 0 Å². The number of unbranched alkanes of at least 4 members (excludes halogenated alkanes) is 1. The molecule has 1 N–H and O–H groups in total. The van der Waals surface area contributed by atoms with Crippen molar-refractivity contribution in [2.24, 2.45) is 16.3 Å². The molecule has 0 radical (unpaired) electrons. The summed E-state index contributed by atoms with van der Waals surface area (Å²) < 4.78 is 0. The van der Waals surface area contributed by atoms with Crippen molar-refractivity contribution in [3.63, 3.8) is 0 Å². The maximum Gasteiger partial charge on any atom is 0.193 e. The Morgan fingerprint density at radius 3 is 2.64 bits per heavy atom. The van der Waals surface area contributed by atoms with Crippen LogP contribution in [-0.2, 0) is 0 Å². The average molecular weight is 462 g/mol. The lowest BCUT2D eigenvalue weighted by Gasteiger charge is -2.30. The van der Waals surface area contributed by atoms with Crippen molar-refractivity contribution in [3.05, 3.63) is 0 Å². The number of hydrogen-bond donors (Lipinski definition) is 1. The summed E-state index contributed by atoms with van der Waals surface area (Å²) in [6.07, 6.45) is 12.5. The van der Waals surface area contributed by atoms with E-state index in [1.807, 2.05) is 7.05 Å². The van der Waals surface area contributed by atoms with Crippen LogP contribution in [0.4, 0.5) is 0 Å². The maximum atomic E-state index is 4.54. The maximum absolute atomic E-state index is 4.54. The molecule has 1 aliphatic carbocycles. The lowest BCUT2D eigenvalue weighted by Crippen LogP contribution is -2.41. The first-order valence-electron chi connectivity index (χ1n) is 10.4. The van der Waals surface area contributed by atoms with Crippen molar-refractivity contribution in [3.8, 4) is 0 Å². The predicted octanol–water partition coefficient (Wildman–Crippen LogP) is 3.96. The smallest absolute Gasteiger partial charge is 0.193 e. The van der Waals surface area contributed by atoms with Crippen LogP contribution in [0, 0.1) is 11.3 Å². The summed E-state index contributed by atoms with van der Waals surface area (Å²) >= 11 is 0. The summed E-state index contributed by atoms with van der Waals surface area (Å²) in [5.74, 6) is 2.04. The molecule has 0 amide bonds. The third-order valence-corrected chi connectivity index (χ3v) is 6.54. The molecule has 3 aliphatic rings. The molecule has 0 aromatic heterocycles. The monoisotopic (exact) mass is 462 g/mol. The molecular formula is C20H39IN4. The van der Waals surface area contributed by atoms with Crippen LogP contribution in [0.1, 0.15) is 64.7 Å². The van der Waals surface area contributed by atoms with E-state index in [4.69, 9.17) is 0 Å². The summed E-state index contributed by atoms with van der Waals surface area (Å²) in [5, 5.41) is 3.62. The number of halogens is 1. The highest BCUT2D eigenvalue weighted by Crippen LogP contribution is 2.45. The second-order valence-electron chi connectivity index (χ2n) is 8.61. The molecular weight excluding hydrogens is 423 g/mol. The third-order valence-electron chi connectivity index (χ3n) is 6.54. The van der Waals surface area contributed by atoms with Gasteiger partial charge in [0.2, 0.25) is 0 Å². The number of rotatable bonds is 5. The Balaban J connectivity index is 0.00000225. The van der Waals surface area contributed by atoms with Crippen LogP contribution in [0.5, 0.6) is 0 Å². The second kappa shape index (κ2) is 10.3. The van der Waals surface area contributed by atoms with Gasteiger partial charge >= 0.3 is 0 Å². The number of nitrogens with zero attached hydrogens (tertiary/aromatic N) is 3. The zero-order chi connectivity index (χ0) is 16.8. The van der Waals surface area contributed by atoms with Crippen LogP contribution in [0.2, 0.25) is 0 Å². The molecule has 0 aromatic rings.